The van der Waals surface area contributed by atoms with Crippen LogP contribution in [0.5, 0.6) is 0 Å². The van der Waals surface area contributed by atoms with Crippen molar-refractivity contribution in [2.75, 3.05) is 19.8 Å². The van der Waals surface area contributed by atoms with Crippen LogP contribution < -0.4 is 5.32 Å². The van der Waals surface area contributed by atoms with Crippen molar-refractivity contribution in [2.24, 2.45) is 0 Å². The molecular formula is C14H18N2O4S. The van der Waals surface area contributed by atoms with Crippen molar-refractivity contribution in [1.82, 2.24) is 10.2 Å². The van der Waals surface area contributed by atoms with Gasteiger partial charge < -0.3 is 14.8 Å². The highest BCUT2D eigenvalue weighted by molar-refractivity contribution is 7.09. The molecule has 2 aliphatic heterocycles. The molecule has 0 unspecified atom stereocenters. The van der Waals surface area contributed by atoms with Gasteiger partial charge in [-0.15, -0.1) is 11.3 Å². The fourth-order valence-electron chi connectivity index (χ4n) is 2.55. The number of rotatable bonds is 4. The topological polar surface area (TPSA) is 67.9 Å². The van der Waals surface area contributed by atoms with E-state index in [2.05, 4.69) is 5.32 Å². The van der Waals surface area contributed by atoms with Crippen molar-refractivity contribution in [2.45, 2.75) is 31.5 Å². The van der Waals surface area contributed by atoms with Crippen LogP contribution in [0.1, 0.15) is 17.7 Å². The summed E-state index contributed by atoms with van der Waals surface area (Å²) in [6.07, 6.45) is 1.21. The van der Waals surface area contributed by atoms with Gasteiger partial charge in [0.05, 0.1) is 6.54 Å². The van der Waals surface area contributed by atoms with Crippen LogP contribution in [0.3, 0.4) is 0 Å². The molecule has 21 heavy (non-hydrogen) atoms. The van der Waals surface area contributed by atoms with E-state index in [1.807, 2.05) is 17.5 Å². The minimum Gasteiger partial charge on any atom is -0.447 e. The van der Waals surface area contributed by atoms with Crippen molar-refractivity contribution in [3.63, 3.8) is 0 Å². The summed E-state index contributed by atoms with van der Waals surface area (Å²) >= 11 is 1.56. The number of carbonyl (C=O) groups excluding carboxylic acids is 2. The van der Waals surface area contributed by atoms with Gasteiger partial charge in [0.15, 0.2) is 0 Å². The number of amides is 2. The lowest BCUT2D eigenvalue weighted by Gasteiger charge is -2.26. The quantitative estimate of drug-likeness (QED) is 0.912. The predicted molar refractivity (Wildman–Crippen MR) is 77.0 cm³/mol. The van der Waals surface area contributed by atoms with Gasteiger partial charge in [-0.05, 0) is 24.3 Å². The van der Waals surface area contributed by atoms with E-state index in [1.54, 1.807) is 11.3 Å². The maximum atomic E-state index is 12.4. The fourth-order valence-corrected chi connectivity index (χ4v) is 3.25. The van der Waals surface area contributed by atoms with Crippen LogP contribution >= 0.6 is 11.3 Å². The van der Waals surface area contributed by atoms with Crippen molar-refractivity contribution in [3.8, 4) is 0 Å². The Morgan fingerprint density at radius 2 is 2.24 bits per heavy atom. The van der Waals surface area contributed by atoms with E-state index in [0.717, 1.165) is 17.7 Å². The summed E-state index contributed by atoms with van der Waals surface area (Å²) in [5.74, 6) is -0.135. The maximum Gasteiger partial charge on any atom is 0.410 e. The van der Waals surface area contributed by atoms with E-state index in [1.165, 1.54) is 4.90 Å². The van der Waals surface area contributed by atoms with Crippen LogP contribution in [0.2, 0.25) is 0 Å². The second kappa shape index (κ2) is 6.44. The molecule has 0 saturated carbocycles. The fraction of sp³-hybridized carbons (Fsp3) is 0.571. The SMILES string of the molecule is O=C(NC1CCOCC1)[C@@H]1COC(=O)N1Cc1cccs1. The molecule has 2 amide bonds. The lowest BCUT2D eigenvalue weighted by molar-refractivity contribution is -0.126. The molecule has 2 fully saturated rings. The third-order valence-corrected chi connectivity index (χ3v) is 4.61. The van der Waals surface area contributed by atoms with E-state index in [4.69, 9.17) is 9.47 Å². The number of cyclic esters (lactones) is 1. The van der Waals surface area contributed by atoms with Crippen molar-refractivity contribution in [3.05, 3.63) is 22.4 Å². The Kier molecular flexibility index (Phi) is 4.40. The van der Waals surface area contributed by atoms with Gasteiger partial charge in [0.2, 0.25) is 5.91 Å². The van der Waals surface area contributed by atoms with Gasteiger partial charge in [0.1, 0.15) is 12.6 Å². The zero-order valence-corrected chi connectivity index (χ0v) is 12.4. The second-order valence-electron chi connectivity index (χ2n) is 5.20. The lowest BCUT2D eigenvalue weighted by Crippen LogP contribution is -2.49. The lowest BCUT2D eigenvalue weighted by atomic mass is 10.1. The largest absolute Gasteiger partial charge is 0.447 e. The molecule has 2 aliphatic rings. The molecule has 2 saturated heterocycles. The monoisotopic (exact) mass is 310 g/mol. The molecular weight excluding hydrogens is 292 g/mol. The maximum absolute atomic E-state index is 12.4. The minimum atomic E-state index is -0.539. The Bertz CT molecular complexity index is 499. The van der Waals surface area contributed by atoms with Gasteiger partial charge >= 0.3 is 6.09 Å². The Balaban J connectivity index is 1.62. The number of hydrogen-bond donors (Lipinski definition) is 1. The normalized spacial score (nSPS) is 23.1. The average Bonchev–Trinajstić information content (AvgIpc) is 3.12. The first-order chi connectivity index (χ1) is 10.2. The molecule has 0 radical (unpaired) electrons. The van der Waals surface area contributed by atoms with E-state index in [9.17, 15) is 9.59 Å². The van der Waals surface area contributed by atoms with Gasteiger partial charge in [-0.2, -0.15) is 0 Å². The molecule has 3 rings (SSSR count). The number of hydrogen-bond acceptors (Lipinski definition) is 5. The van der Waals surface area contributed by atoms with Crippen LogP contribution in [0, 0.1) is 0 Å². The summed E-state index contributed by atoms with van der Waals surface area (Å²) in [6.45, 7) is 1.88. The Morgan fingerprint density at radius 3 is 2.95 bits per heavy atom. The summed E-state index contributed by atoms with van der Waals surface area (Å²) in [6, 6.07) is 3.47. The highest BCUT2D eigenvalue weighted by Crippen LogP contribution is 2.20. The molecule has 0 aliphatic carbocycles. The van der Waals surface area contributed by atoms with E-state index >= 15 is 0 Å². The van der Waals surface area contributed by atoms with Crippen LogP contribution in [0.15, 0.2) is 17.5 Å². The Labute approximate surface area is 127 Å². The van der Waals surface area contributed by atoms with Gasteiger partial charge in [-0.25, -0.2) is 4.79 Å². The standard InChI is InChI=1S/C14H18N2O4S/c17-13(15-10-3-5-19-6-4-10)12-9-20-14(18)16(12)8-11-2-1-7-21-11/h1-2,7,10,12H,3-6,8-9H2,(H,15,17)/t12-/m0/s1. The molecule has 7 heteroatoms. The molecule has 1 aromatic heterocycles. The van der Waals surface area contributed by atoms with E-state index in [-0.39, 0.29) is 18.6 Å². The number of nitrogens with one attached hydrogen (secondary N) is 1. The van der Waals surface area contributed by atoms with Gasteiger partial charge in [0.25, 0.3) is 0 Å². The minimum absolute atomic E-state index is 0.124. The summed E-state index contributed by atoms with van der Waals surface area (Å²) in [4.78, 5) is 26.7. The number of ether oxygens (including phenoxy) is 2. The number of thiophene rings is 1. The van der Waals surface area contributed by atoms with E-state index in [0.29, 0.717) is 19.8 Å². The Hall–Kier alpha value is -1.60. The van der Waals surface area contributed by atoms with Crippen LogP contribution in [0.25, 0.3) is 0 Å². The smallest absolute Gasteiger partial charge is 0.410 e. The van der Waals surface area contributed by atoms with E-state index < -0.39 is 12.1 Å². The van der Waals surface area contributed by atoms with Crippen LogP contribution in [-0.4, -0.2) is 48.8 Å². The average molecular weight is 310 g/mol. The first kappa shape index (κ1) is 14.3. The first-order valence-electron chi connectivity index (χ1n) is 7.08. The predicted octanol–water partition coefficient (Wildman–Crippen LogP) is 1.36. The molecule has 0 aromatic carbocycles. The van der Waals surface area contributed by atoms with Crippen LogP contribution in [-0.2, 0) is 20.8 Å². The highest BCUT2D eigenvalue weighted by Gasteiger charge is 2.38. The van der Waals surface area contributed by atoms with Gasteiger partial charge in [0, 0.05) is 24.1 Å². The highest BCUT2D eigenvalue weighted by atomic mass is 32.1. The van der Waals surface area contributed by atoms with Crippen molar-refractivity contribution < 1.29 is 19.1 Å². The summed E-state index contributed by atoms with van der Waals surface area (Å²) in [5, 5.41) is 4.95. The van der Waals surface area contributed by atoms with Crippen LogP contribution in [0.4, 0.5) is 4.79 Å². The molecule has 3 heterocycles. The second-order valence-corrected chi connectivity index (χ2v) is 6.23. The number of carbonyl (C=O) groups is 2. The summed E-state index contributed by atoms with van der Waals surface area (Å²) in [7, 11) is 0. The molecule has 1 aromatic rings. The van der Waals surface area contributed by atoms with Crippen molar-refractivity contribution in [1.29, 1.82) is 0 Å². The Morgan fingerprint density at radius 1 is 1.43 bits per heavy atom. The molecule has 0 spiro atoms. The molecule has 0 bridgehead atoms. The third-order valence-electron chi connectivity index (χ3n) is 3.75. The van der Waals surface area contributed by atoms with Gasteiger partial charge in [-0.3, -0.25) is 9.69 Å². The summed E-state index contributed by atoms with van der Waals surface area (Å²) < 4.78 is 10.3. The zero-order chi connectivity index (χ0) is 14.7. The number of nitrogens with zero attached hydrogens (tertiary/aromatic N) is 1. The molecule has 114 valence electrons. The molecule has 1 atom stereocenters. The third kappa shape index (κ3) is 3.36. The zero-order valence-electron chi connectivity index (χ0n) is 11.6. The summed E-state index contributed by atoms with van der Waals surface area (Å²) in [5.41, 5.74) is 0. The molecule has 1 N–H and O–H groups in total. The van der Waals surface area contributed by atoms with Gasteiger partial charge in [-0.1, -0.05) is 6.07 Å². The van der Waals surface area contributed by atoms with Crippen molar-refractivity contribution >= 4 is 23.3 Å². The first-order valence-corrected chi connectivity index (χ1v) is 7.96. The molecule has 6 nitrogen and oxygen atoms in total.